The zero-order valence-electron chi connectivity index (χ0n) is 15.3. The van der Waals surface area contributed by atoms with Crippen LogP contribution in [0.5, 0.6) is 0 Å². The highest BCUT2D eigenvalue weighted by Gasteiger charge is 2.22. The molecule has 0 fully saturated rings. The first-order valence-corrected chi connectivity index (χ1v) is 9.21. The number of carbonyl (C=O) groups is 2. The van der Waals surface area contributed by atoms with Crippen LogP contribution in [0, 0.1) is 0 Å². The van der Waals surface area contributed by atoms with E-state index in [1.807, 2.05) is 25.1 Å². The Labute approximate surface area is 157 Å². The number of hydrogen-bond donors (Lipinski definition) is 1. The highest BCUT2D eigenvalue weighted by Crippen LogP contribution is 2.29. The summed E-state index contributed by atoms with van der Waals surface area (Å²) >= 11 is 0. The molecule has 7 heteroatoms. The Morgan fingerprint density at radius 1 is 1.26 bits per heavy atom. The summed E-state index contributed by atoms with van der Waals surface area (Å²) in [7, 11) is 0. The first-order valence-electron chi connectivity index (χ1n) is 9.21. The maximum absolute atomic E-state index is 12.2. The second kappa shape index (κ2) is 8.62. The number of benzene rings is 1. The molecule has 1 atom stereocenters. The lowest BCUT2D eigenvalue weighted by atomic mass is 9.88. The molecule has 1 aromatic carbocycles. The van der Waals surface area contributed by atoms with Crippen molar-refractivity contribution in [2.45, 2.75) is 45.2 Å². The van der Waals surface area contributed by atoms with Crippen LogP contribution in [0.25, 0.3) is 0 Å². The molecular weight excluding hydrogens is 346 g/mol. The van der Waals surface area contributed by atoms with Crippen molar-refractivity contribution in [3.05, 3.63) is 63.6 Å². The van der Waals surface area contributed by atoms with Crippen molar-refractivity contribution in [2.24, 2.45) is 0 Å². The molecule has 0 radical (unpaired) electrons. The average Bonchev–Trinajstić information content (AvgIpc) is 2.68. The van der Waals surface area contributed by atoms with Crippen LogP contribution >= 0.6 is 0 Å². The fourth-order valence-electron chi connectivity index (χ4n) is 3.27. The molecule has 1 N–H and O–H groups in total. The van der Waals surface area contributed by atoms with E-state index >= 15 is 0 Å². The van der Waals surface area contributed by atoms with Crippen LogP contribution in [0.4, 0.5) is 0 Å². The summed E-state index contributed by atoms with van der Waals surface area (Å²) in [4.78, 5) is 36.0. The molecule has 142 valence electrons. The molecule has 0 bridgehead atoms. The van der Waals surface area contributed by atoms with Gasteiger partial charge in [0, 0.05) is 12.6 Å². The summed E-state index contributed by atoms with van der Waals surface area (Å²) in [6, 6.07) is 10.6. The summed E-state index contributed by atoms with van der Waals surface area (Å²) in [5.41, 5.74) is 2.10. The molecule has 3 rings (SSSR count). The van der Waals surface area contributed by atoms with Crippen LogP contribution in [-0.2, 0) is 22.5 Å². The number of aromatic nitrogens is 2. The van der Waals surface area contributed by atoms with Crippen LogP contribution < -0.4 is 10.9 Å². The molecule has 0 saturated carbocycles. The Bertz CT molecular complexity index is 891. The number of aryl methyl sites for hydroxylation is 2. The molecule has 1 aliphatic carbocycles. The minimum absolute atomic E-state index is 0.0128. The van der Waals surface area contributed by atoms with Gasteiger partial charge in [0.25, 0.3) is 11.5 Å². The van der Waals surface area contributed by atoms with E-state index in [1.54, 1.807) is 0 Å². The van der Waals surface area contributed by atoms with Crippen LogP contribution in [0.15, 0.2) is 41.2 Å². The van der Waals surface area contributed by atoms with Gasteiger partial charge in [0.2, 0.25) is 0 Å². The molecule has 0 aliphatic heterocycles. The summed E-state index contributed by atoms with van der Waals surface area (Å²) < 4.78 is 6.28. The third kappa shape index (κ3) is 4.61. The van der Waals surface area contributed by atoms with Gasteiger partial charge in [-0.25, -0.2) is 9.48 Å². The number of esters is 1. The molecule has 1 aliphatic rings. The molecule has 27 heavy (non-hydrogen) atoms. The van der Waals surface area contributed by atoms with Gasteiger partial charge in [-0.15, -0.1) is 0 Å². The van der Waals surface area contributed by atoms with E-state index < -0.39 is 5.97 Å². The van der Waals surface area contributed by atoms with E-state index in [9.17, 15) is 14.4 Å². The van der Waals surface area contributed by atoms with Crippen molar-refractivity contribution >= 4 is 11.9 Å². The van der Waals surface area contributed by atoms with Gasteiger partial charge in [-0.05, 0) is 42.9 Å². The van der Waals surface area contributed by atoms with Crippen molar-refractivity contribution in [2.75, 3.05) is 6.61 Å². The molecule has 1 aromatic heterocycles. The fourth-order valence-corrected chi connectivity index (χ4v) is 3.27. The number of amides is 1. The Morgan fingerprint density at radius 2 is 2.07 bits per heavy atom. The minimum Gasteiger partial charge on any atom is -0.451 e. The second-order valence-electron chi connectivity index (χ2n) is 6.57. The van der Waals surface area contributed by atoms with Gasteiger partial charge in [-0.2, -0.15) is 5.10 Å². The van der Waals surface area contributed by atoms with E-state index in [-0.39, 0.29) is 29.8 Å². The van der Waals surface area contributed by atoms with E-state index in [4.69, 9.17) is 4.74 Å². The quantitative estimate of drug-likeness (QED) is 0.787. The van der Waals surface area contributed by atoms with Gasteiger partial charge in [0.05, 0.1) is 6.04 Å². The summed E-state index contributed by atoms with van der Waals surface area (Å²) in [5, 5.41) is 6.91. The van der Waals surface area contributed by atoms with E-state index in [0.29, 0.717) is 6.54 Å². The molecule has 0 spiro atoms. The Balaban J connectivity index is 1.58. The monoisotopic (exact) mass is 369 g/mol. The van der Waals surface area contributed by atoms with Crippen LogP contribution in [0.1, 0.15) is 53.8 Å². The number of nitrogens with one attached hydrogen (secondary N) is 1. The number of rotatable bonds is 6. The summed E-state index contributed by atoms with van der Waals surface area (Å²) in [6.45, 7) is 1.94. The van der Waals surface area contributed by atoms with Crippen LogP contribution in [0.2, 0.25) is 0 Å². The van der Waals surface area contributed by atoms with Crippen LogP contribution in [0.3, 0.4) is 0 Å². The average molecular weight is 369 g/mol. The van der Waals surface area contributed by atoms with Gasteiger partial charge in [0.1, 0.15) is 0 Å². The highest BCUT2D eigenvalue weighted by atomic mass is 16.5. The minimum atomic E-state index is -0.723. The Hall–Kier alpha value is -2.96. The normalized spacial score (nSPS) is 15.7. The lowest BCUT2D eigenvalue weighted by molar-refractivity contribution is -0.125. The SMILES string of the molecule is CCCn1nc(C(=O)OCC(=O)NC2CCCc3ccccc32)ccc1=O. The second-order valence-corrected chi connectivity index (χ2v) is 6.57. The van der Waals surface area contributed by atoms with Gasteiger partial charge in [0.15, 0.2) is 12.3 Å². The lowest BCUT2D eigenvalue weighted by Gasteiger charge is -2.26. The van der Waals surface area contributed by atoms with Gasteiger partial charge < -0.3 is 10.1 Å². The number of nitrogens with zero attached hydrogens (tertiary/aromatic N) is 2. The molecule has 1 heterocycles. The molecule has 1 unspecified atom stereocenters. The largest absolute Gasteiger partial charge is 0.451 e. The van der Waals surface area contributed by atoms with Gasteiger partial charge >= 0.3 is 5.97 Å². The standard InChI is InChI=1S/C20H23N3O4/c1-2-12-23-19(25)11-10-17(22-23)20(26)27-13-18(24)21-16-9-5-7-14-6-3-4-8-15(14)16/h3-4,6,8,10-11,16H,2,5,7,9,12-13H2,1H3,(H,21,24). The highest BCUT2D eigenvalue weighted by molar-refractivity contribution is 5.89. The summed E-state index contributed by atoms with van der Waals surface area (Å²) in [6.07, 6.45) is 3.60. The van der Waals surface area contributed by atoms with Crippen molar-refractivity contribution < 1.29 is 14.3 Å². The Morgan fingerprint density at radius 3 is 2.89 bits per heavy atom. The first kappa shape index (κ1) is 18.8. The van der Waals surface area contributed by atoms with E-state index in [1.165, 1.54) is 22.4 Å². The molecular formula is C20H23N3O4. The van der Waals surface area contributed by atoms with Gasteiger partial charge in [-0.1, -0.05) is 31.2 Å². The topological polar surface area (TPSA) is 90.3 Å². The molecule has 7 nitrogen and oxygen atoms in total. The predicted molar refractivity (Wildman–Crippen MR) is 99.3 cm³/mol. The molecule has 0 saturated heterocycles. The number of fused-ring (bicyclic) bond motifs is 1. The number of carbonyl (C=O) groups excluding carboxylic acids is 2. The predicted octanol–water partition coefficient (Wildman–Crippen LogP) is 2.00. The number of hydrogen-bond acceptors (Lipinski definition) is 5. The maximum Gasteiger partial charge on any atom is 0.359 e. The summed E-state index contributed by atoms with van der Waals surface area (Å²) in [5.74, 6) is -1.08. The van der Waals surface area contributed by atoms with Crippen LogP contribution in [-0.4, -0.2) is 28.3 Å². The van der Waals surface area contributed by atoms with E-state index in [2.05, 4.69) is 16.5 Å². The smallest absolute Gasteiger partial charge is 0.359 e. The zero-order valence-corrected chi connectivity index (χ0v) is 15.3. The maximum atomic E-state index is 12.2. The third-order valence-electron chi connectivity index (χ3n) is 4.55. The lowest BCUT2D eigenvalue weighted by Crippen LogP contribution is -2.34. The molecule has 2 aromatic rings. The fraction of sp³-hybridized carbons (Fsp3) is 0.400. The van der Waals surface area contributed by atoms with Crippen molar-refractivity contribution in [3.63, 3.8) is 0 Å². The third-order valence-corrected chi connectivity index (χ3v) is 4.55. The number of ether oxygens (including phenoxy) is 1. The van der Waals surface area contributed by atoms with Crippen molar-refractivity contribution in [3.8, 4) is 0 Å². The first-order chi connectivity index (χ1) is 13.1. The van der Waals surface area contributed by atoms with Gasteiger partial charge in [-0.3, -0.25) is 9.59 Å². The molecule has 1 amide bonds. The van der Waals surface area contributed by atoms with Crippen molar-refractivity contribution in [1.82, 2.24) is 15.1 Å². The van der Waals surface area contributed by atoms with Crippen molar-refractivity contribution in [1.29, 1.82) is 0 Å². The van der Waals surface area contributed by atoms with E-state index in [0.717, 1.165) is 31.2 Å². The zero-order chi connectivity index (χ0) is 19.2. The Kier molecular flexibility index (Phi) is 6.01.